The van der Waals surface area contributed by atoms with Crippen molar-refractivity contribution in [2.45, 2.75) is 65.4 Å². The van der Waals surface area contributed by atoms with Crippen LogP contribution in [0.25, 0.3) is 0 Å². The topological polar surface area (TPSA) is 60.5 Å². The molecule has 1 unspecified atom stereocenters. The van der Waals surface area contributed by atoms with Gasteiger partial charge in [0.2, 0.25) is 5.88 Å². The lowest BCUT2D eigenvalue weighted by atomic mass is 9.99. The molecule has 0 aliphatic rings. The first-order valence-corrected chi connectivity index (χ1v) is 8.60. The summed E-state index contributed by atoms with van der Waals surface area (Å²) in [6.07, 6.45) is 6.16. The molecule has 0 aromatic carbocycles. The number of hydrogen-bond acceptors (Lipinski definition) is 4. The minimum absolute atomic E-state index is 0.130. The Morgan fingerprint density at radius 3 is 2.52 bits per heavy atom. The minimum atomic E-state index is -0.805. The first-order valence-electron chi connectivity index (χ1n) is 8.60. The van der Waals surface area contributed by atoms with Crippen LogP contribution >= 0.6 is 0 Å². The number of hydrogen-bond donors (Lipinski definition) is 1. The van der Waals surface area contributed by atoms with Crippen LogP contribution in [-0.4, -0.2) is 29.7 Å². The van der Waals surface area contributed by atoms with E-state index in [0.29, 0.717) is 31.2 Å². The molecule has 0 saturated carbocycles. The Labute approximate surface area is 139 Å². The molecule has 0 spiro atoms. The molecule has 1 rings (SSSR count). The molecule has 1 amide bonds. The molecule has 1 aromatic rings. The van der Waals surface area contributed by atoms with Gasteiger partial charge in [-0.05, 0) is 32.3 Å². The molecule has 0 radical (unpaired) electrons. The zero-order valence-corrected chi connectivity index (χ0v) is 14.9. The Kier molecular flexibility index (Phi) is 8.62. The fraction of sp³-hybridized carbons (Fsp3) is 0.667. The number of amides is 1. The van der Waals surface area contributed by atoms with Gasteiger partial charge < -0.3 is 14.8 Å². The second-order valence-electron chi connectivity index (χ2n) is 5.87. The van der Waals surface area contributed by atoms with E-state index in [1.165, 1.54) is 0 Å². The minimum Gasteiger partial charge on any atom is -0.478 e. The van der Waals surface area contributed by atoms with Crippen molar-refractivity contribution in [2.24, 2.45) is 0 Å². The highest BCUT2D eigenvalue weighted by molar-refractivity contribution is 5.96. The lowest BCUT2D eigenvalue weighted by Gasteiger charge is -2.28. The number of nitrogens with one attached hydrogen (secondary N) is 1. The van der Waals surface area contributed by atoms with Crippen LogP contribution in [0.5, 0.6) is 5.88 Å². The van der Waals surface area contributed by atoms with Crippen molar-refractivity contribution in [3.05, 3.63) is 18.3 Å². The molecular weight excluding hydrogens is 292 g/mol. The lowest BCUT2D eigenvalue weighted by Crippen LogP contribution is -2.43. The summed E-state index contributed by atoms with van der Waals surface area (Å²) >= 11 is 0. The van der Waals surface area contributed by atoms with Crippen LogP contribution in [-0.2, 0) is 9.53 Å². The molecule has 0 aliphatic carbocycles. The number of ether oxygens (including phenoxy) is 2. The van der Waals surface area contributed by atoms with E-state index in [4.69, 9.17) is 9.47 Å². The molecule has 1 aromatic heterocycles. The van der Waals surface area contributed by atoms with Crippen molar-refractivity contribution in [1.29, 1.82) is 0 Å². The zero-order chi connectivity index (χ0) is 17.1. The van der Waals surface area contributed by atoms with E-state index in [2.05, 4.69) is 17.2 Å². The largest absolute Gasteiger partial charge is 0.478 e. The number of pyridine rings is 1. The van der Waals surface area contributed by atoms with Crippen LogP contribution in [0.4, 0.5) is 5.69 Å². The molecular formula is C18H30N2O3. The van der Waals surface area contributed by atoms with E-state index < -0.39 is 5.60 Å². The number of anilines is 1. The standard InChI is InChI=1S/C18H30N2O3/c1-5-8-13-22-16-10-9-15(14-19-16)20-17(21)18(4,11-6-2)23-12-7-3/h9-10,14H,5-8,11-13H2,1-4H3,(H,20,21). The quantitative estimate of drug-likeness (QED) is 0.621. The molecule has 5 nitrogen and oxygen atoms in total. The van der Waals surface area contributed by atoms with Crippen molar-refractivity contribution < 1.29 is 14.3 Å². The Morgan fingerprint density at radius 2 is 1.96 bits per heavy atom. The van der Waals surface area contributed by atoms with E-state index in [9.17, 15) is 4.79 Å². The van der Waals surface area contributed by atoms with Crippen LogP contribution in [0.15, 0.2) is 18.3 Å². The summed E-state index contributed by atoms with van der Waals surface area (Å²) in [6.45, 7) is 9.28. The fourth-order valence-corrected chi connectivity index (χ4v) is 2.18. The van der Waals surface area contributed by atoms with E-state index in [0.717, 1.165) is 25.7 Å². The molecule has 1 N–H and O–H groups in total. The summed E-state index contributed by atoms with van der Waals surface area (Å²) in [4.78, 5) is 16.7. The average molecular weight is 322 g/mol. The summed E-state index contributed by atoms with van der Waals surface area (Å²) in [5.74, 6) is 0.448. The summed E-state index contributed by atoms with van der Waals surface area (Å²) in [7, 11) is 0. The van der Waals surface area contributed by atoms with Gasteiger partial charge in [0.15, 0.2) is 0 Å². The van der Waals surface area contributed by atoms with Crippen LogP contribution in [0.2, 0.25) is 0 Å². The highest BCUT2D eigenvalue weighted by Gasteiger charge is 2.33. The van der Waals surface area contributed by atoms with Crippen LogP contribution in [0, 0.1) is 0 Å². The highest BCUT2D eigenvalue weighted by atomic mass is 16.5. The maximum absolute atomic E-state index is 12.5. The smallest absolute Gasteiger partial charge is 0.256 e. The molecule has 130 valence electrons. The molecule has 0 aliphatic heterocycles. The van der Waals surface area contributed by atoms with Gasteiger partial charge in [0.1, 0.15) is 5.60 Å². The van der Waals surface area contributed by atoms with E-state index in [-0.39, 0.29) is 5.91 Å². The Bertz CT molecular complexity index is 462. The van der Waals surface area contributed by atoms with Gasteiger partial charge in [-0.15, -0.1) is 0 Å². The van der Waals surface area contributed by atoms with Gasteiger partial charge in [-0.2, -0.15) is 0 Å². The van der Waals surface area contributed by atoms with Crippen molar-refractivity contribution in [2.75, 3.05) is 18.5 Å². The second-order valence-corrected chi connectivity index (χ2v) is 5.87. The molecule has 0 bridgehead atoms. The van der Waals surface area contributed by atoms with Gasteiger partial charge in [0.05, 0.1) is 18.5 Å². The SMILES string of the molecule is CCCCOc1ccc(NC(=O)C(C)(CCC)OCCC)cn1. The maximum Gasteiger partial charge on any atom is 0.256 e. The number of unbranched alkanes of at least 4 members (excludes halogenated alkanes) is 1. The molecule has 0 saturated heterocycles. The van der Waals surface area contributed by atoms with Crippen LogP contribution < -0.4 is 10.1 Å². The zero-order valence-electron chi connectivity index (χ0n) is 14.9. The number of carbonyl (C=O) groups is 1. The molecule has 0 fully saturated rings. The van der Waals surface area contributed by atoms with Gasteiger partial charge in [-0.1, -0.05) is 33.6 Å². The predicted molar refractivity (Wildman–Crippen MR) is 92.8 cm³/mol. The van der Waals surface area contributed by atoms with Crippen molar-refractivity contribution >= 4 is 11.6 Å². The lowest BCUT2D eigenvalue weighted by molar-refractivity contribution is -0.140. The van der Waals surface area contributed by atoms with Crippen LogP contribution in [0.3, 0.4) is 0 Å². The van der Waals surface area contributed by atoms with Gasteiger partial charge >= 0.3 is 0 Å². The first kappa shape index (κ1) is 19.4. The molecule has 23 heavy (non-hydrogen) atoms. The normalized spacial score (nSPS) is 13.4. The third-order valence-electron chi connectivity index (χ3n) is 3.57. The van der Waals surface area contributed by atoms with Gasteiger partial charge in [-0.25, -0.2) is 4.98 Å². The van der Waals surface area contributed by atoms with Crippen LogP contribution in [0.1, 0.15) is 59.8 Å². The number of rotatable bonds is 11. The molecule has 1 heterocycles. The third-order valence-corrected chi connectivity index (χ3v) is 3.57. The number of carbonyl (C=O) groups excluding carboxylic acids is 1. The Morgan fingerprint density at radius 1 is 1.17 bits per heavy atom. The number of aromatic nitrogens is 1. The highest BCUT2D eigenvalue weighted by Crippen LogP contribution is 2.21. The summed E-state index contributed by atoms with van der Waals surface area (Å²) in [5, 5.41) is 2.89. The van der Waals surface area contributed by atoms with Crippen molar-refractivity contribution in [3.8, 4) is 5.88 Å². The summed E-state index contributed by atoms with van der Waals surface area (Å²) in [5.41, 5.74) is -0.151. The Hall–Kier alpha value is -1.62. The Balaban J connectivity index is 2.63. The first-order chi connectivity index (χ1) is 11.1. The summed E-state index contributed by atoms with van der Waals surface area (Å²) < 4.78 is 11.3. The third kappa shape index (κ3) is 6.57. The van der Waals surface area contributed by atoms with Crippen molar-refractivity contribution in [1.82, 2.24) is 4.98 Å². The molecule has 5 heteroatoms. The van der Waals surface area contributed by atoms with Crippen molar-refractivity contribution in [3.63, 3.8) is 0 Å². The monoisotopic (exact) mass is 322 g/mol. The van der Waals surface area contributed by atoms with Gasteiger partial charge in [0, 0.05) is 12.7 Å². The predicted octanol–water partition coefficient (Wildman–Crippen LogP) is 4.18. The fourth-order valence-electron chi connectivity index (χ4n) is 2.18. The number of nitrogens with zero attached hydrogens (tertiary/aromatic N) is 1. The van der Waals surface area contributed by atoms with E-state index >= 15 is 0 Å². The van der Waals surface area contributed by atoms with Gasteiger partial charge in [-0.3, -0.25) is 4.79 Å². The molecule has 1 atom stereocenters. The maximum atomic E-state index is 12.5. The average Bonchev–Trinajstić information content (AvgIpc) is 2.55. The second kappa shape index (κ2) is 10.2. The van der Waals surface area contributed by atoms with E-state index in [1.54, 1.807) is 18.3 Å². The van der Waals surface area contributed by atoms with Gasteiger partial charge in [0.25, 0.3) is 5.91 Å². The van der Waals surface area contributed by atoms with E-state index in [1.807, 2.05) is 20.8 Å². The summed E-state index contributed by atoms with van der Waals surface area (Å²) in [6, 6.07) is 3.58.